The number of amides is 1. The van der Waals surface area contributed by atoms with Crippen molar-refractivity contribution in [3.05, 3.63) is 85.1 Å². The number of aliphatic hydroxyl groups is 8. The zero-order valence-corrected chi connectivity index (χ0v) is 51.2. The maximum atomic E-state index is 13.2. The Kier molecular flexibility index (Phi) is 48.2. The first-order valence-corrected chi connectivity index (χ1v) is 32.8. The number of allylic oxidation sites excluding steroid dienone is 13. The molecule has 0 radical (unpaired) electrons. The molecule has 14 heteroatoms. The van der Waals surface area contributed by atoms with Gasteiger partial charge < -0.3 is 65.1 Å². The van der Waals surface area contributed by atoms with Crippen molar-refractivity contribution in [2.75, 3.05) is 19.8 Å². The van der Waals surface area contributed by atoms with Gasteiger partial charge in [0.1, 0.15) is 48.8 Å². The van der Waals surface area contributed by atoms with Gasteiger partial charge in [0.25, 0.3) is 0 Å². The second-order valence-electron chi connectivity index (χ2n) is 22.9. The van der Waals surface area contributed by atoms with Crippen molar-refractivity contribution in [2.24, 2.45) is 0 Å². The van der Waals surface area contributed by atoms with Crippen LogP contribution in [0.2, 0.25) is 0 Å². The van der Waals surface area contributed by atoms with Crippen LogP contribution in [-0.4, -0.2) is 140 Å². The second-order valence-corrected chi connectivity index (χ2v) is 22.9. The summed E-state index contributed by atoms with van der Waals surface area (Å²) >= 11 is 0. The van der Waals surface area contributed by atoms with Gasteiger partial charge >= 0.3 is 0 Å². The predicted molar refractivity (Wildman–Crippen MR) is 332 cm³/mol. The molecule has 2 aliphatic rings. The second kappa shape index (κ2) is 52.5. The van der Waals surface area contributed by atoms with Gasteiger partial charge in [-0.05, 0) is 70.6 Å². The first-order chi connectivity index (χ1) is 40.1. The number of rotatable bonds is 52. The van der Waals surface area contributed by atoms with Crippen molar-refractivity contribution < 1.29 is 64.6 Å². The highest BCUT2D eigenvalue weighted by molar-refractivity contribution is 5.76. The number of hydrogen-bond acceptors (Lipinski definition) is 13. The molecule has 474 valence electrons. The topological polar surface area (TPSA) is 228 Å². The highest BCUT2D eigenvalue weighted by Gasteiger charge is 2.51. The zero-order valence-electron chi connectivity index (χ0n) is 51.2. The molecule has 2 aliphatic heterocycles. The third-order valence-corrected chi connectivity index (χ3v) is 15.5. The summed E-state index contributed by atoms with van der Waals surface area (Å²) < 4.78 is 22.7. The van der Waals surface area contributed by atoms with Gasteiger partial charge in [-0.25, -0.2) is 0 Å². The zero-order chi connectivity index (χ0) is 59.5. The van der Waals surface area contributed by atoms with E-state index in [4.69, 9.17) is 18.9 Å². The van der Waals surface area contributed by atoms with Crippen molar-refractivity contribution in [3.63, 3.8) is 0 Å². The molecule has 0 aromatic carbocycles. The summed E-state index contributed by atoms with van der Waals surface area (Å²) in [6, 6.07) is -0.929. The number of nitrogens with one attached hydrogen (secondary N) is 1. The number of ether oxygens (including phenoxy) is 4. The average molecular weight is 1160 g/mol. The van der Waals surface area contributed by atoms with E-state index in [0.29, 0.717) is 12.8 Å². The smallest absolute Gasteiger partial charge is 0.220 e. The van der Waals surface area contributed by atoms with Crippen LogP contribution in [0.1, 0.15) is 245 Å². The van der Waals surface area contributed by atoms with E-state index in [0.717, 1.165) is 70.6 Å². The molecule has 0 saturated carbocycles. The third-order valence-electron chi connectivity index (χ3n) is 15.5. The Bertz CT molecular complexity index is 1700. The molecule has 12 atom stereocenters. The van der Waals surface area contributed by atoms with Crippen LogP contribution in [0.3, 0.4) is 0 Å². The molecule has 0 aromatic rings. The van der Waals surface area contributed by atoms with Crippen LogP contribution in [0, 0.1) is 0 Å². The lowest BCUT2D eigenvalue weighted by atomic mass is 9.97. The summed E-state index contributed by atoms with van der Waals surface area (Å²) in [4.78, 5) is 13.2. The van der Waals surface area contributed by atoms with Gasteiger partial charge in [0.05, 0.1) is 32.0 Å². The SMILES string of the molecule is CC/C=C\C/C=C\C/C=C\C/C=C\C/C=C\CCCCCCCCCCCCCCCCCCCCCCCCCCCC(=O)NC(COC1OC(CO)C(OC2OC(CO)C(O)C(O)C2O)C(O)C1O)C(O)/C=C/CC/C=C/CCC. The van der Waals surface area contributed by atoms with Crippen LogP contribution in [0.4, 0.5) is 0 Å². The maximum Gasteiger partial charge on any atom is 0.220 e. The summed E-state index contributed by atoms with van der Waals surface area (Å²) in [6.07, 6.45) is 55.8. The monoisotopic (exact) mass is 1160 g/mol. The molecule has 0 bridgehead atoms. The van der Waals surface area contributed by atoms with Crippen LogP contribution in [0.25, 0.3) is 0 Å². The maximum absolute atomic E-state index is 13.2. The Morgan fingerprint density at radius 1 is 0.451 bits per heavy atom. The van der Waals surface area contributed by atoms with E-state index in [1.807, 2.05) is 6.08 Å². The molecule has 1 amide bonds. The molecule has 14 nitrogen and oxygen atoms in total. The Balaban J connectivity index is 1.48. The molecule has 2 saturated heterocycles. The van der Waals surface area contributed by atoms with Crippen molar-refractivity contribution in [1.29, 1.82) is 0 Å². The molecule has 2 rings (SSSR count). The van der Waals surface area contributed by atoms with Gasteiger partial charge in [0.2, 0.25) is 5.91 Å². The Morgan fingerprint density at radius 2 is 0.854 bits per heavy atom. The summed E-state index contributed by atoms with van der Waals surface area (Å²) in [5, 5.41) is 86.6. The molecule has 82 heavy (non-hydrogen) atoms. The van der Waals surface area contributed by atoms with Crippen LogP contribution >= 0.6 is 0 Å². The summed E-state index contributed by atoms with van der Waals surface area (Å²) in [6.45, 7) is 2.54. The lowest BCUT2D eigenvalue weighted by Crippen LogP contribution is -2.65. The van der Waals surface area contributed by atoms with E-state index in [1.165, 1.54) is 141 Å². The molecule has 12 unspecified atom stereocenters. The Labute approximate surface area is 497 Å². The minimum atomic E-state index is -1.79. The van der Waals surface area contributed by atoms with E-state index < -0.39 is 86.8 Å². The highest BCUT2D eigenvalue weighted by Crippen LogP contribution is 2.30. The van der Waals surface area contributed by atoms with Crippen LogP contribution in [-0.2, 0) is 23.7 Å². The van der Waals surface area contributed by atoms with E-state index >= 15 is 0 Å². The molecule has 9 N–H and O–H groups in total. The first-order valence-electron chi connectivity index (χ1n) is 32.8. The normalized spacial score (nSPS) is 24.5. The molecule has 2 fully saturated rings. The van der Waals surface area contributed by atoms with E-state index in [2.05, 4.69) is 92.1 Å². The number of carbonyl (C=O) groups excluding carboxylic acids is 1. The minimum absolute atomic E-state index is 0.253. The van der Waals surface area contributed by atoms with Gasteiger partial charge in [0, 0.05) is 6.42 Å². The van der Waals surface area contributed by atoms with Crippen molar-refractivity contribution in [3.8, 4) is 0 Å². The Hall–Kier alpha value is -2.83. The number of aliphatic hydroxyl groups excluding tert-OH is 8. The minimum Gasteiger partial charge on any atom is -0.394 e. The van der Waals surface area contributed by atoms with Crippen LogP contribution in [0.5, 0.6) is 0 Å². The first kappa shape index (κ1) is 75.3. The van der Waals surface area contributed by atoms with Crippen LogP contribution in [0.15, 0.2) is 85.1 Å². The molecular formula is C68H119NO13. The van der Waals surface area contributed by atoms with Crippen LogP contribution < -0.4 is 5.32 Å². The molecule has 0 spiro atoms. The van der Waals surface area contributed by atoms with Gasteiger partial charge in [0.15, 0.2) is 12.6 Å². The molecular weight excluding hydrogens is 1040 g/mol. The van der Waals surface area contributed by atoms with Gasteiger partial charge in [-0.3, -0.25) is 4.79 Å². The fourth-order valence-corrected chi connectivity index (χ4v) is 10.3. The van der Waals surface area contributed by atoms with Crippen molar-refractivity contribution in [1.82, 2.24) is 5.32 Å². The Morgan fingerprint density at radius 3 is 1.33 bits per heavy atom. The summed E-state index contributed by atoms with van der Waals surface area (Å²) in [5.41, 5.74) is 0. The van der Waals surface area contributed by atoms with Crippen molar-refractivity contribution >= 4 is 5.91 Å². The molecule has 0 aliphatic carbocycles. The van der Waals surface area contributed by atoms with Crippen molar-refractivity contribution in [2.45, 2.75) is 319 Å². The predicted octanol–water partition coefficient (Wildman–Crippen LogP) is 12.4. The number of carbonyl (C=O) groups is 1. The fourth-order valence-electron chi connectivity index (χ4n) is 10.3. The lowest BCUT2D eigenvalue weighted by Gasteiger charge is -2.46. The lowest BCUT2D eigenvalue weighted by molar-refractivity contribution is -0.359. The number of hydrogen-bond donors (Lipinski definition) is 9. The average Bonchev–Trinajstić information content (AvgIpc) is 3.65. The van der Waals surface area contributed by atoms with Gasteiger partial charge in [-0.15, -0.1) is 0 Å². The van der Waals surface area contributed by atoms with E-state index in [9.17, 15) is 45.6 Å². The van der Waals surface area contributed by atoms with Gasteiger partial charge in [-0.1, -0.05) is 253 Å². The number of unbranched alkanes of at least 4 members (excludes halogenated alkanes) is 27. The summed E-state index contributed by atoms with van der Waals surface area (Å²) in [7, 11) is 0. The molecule has 0 aromatic heterocycles. The van der Waals surface area contributed by atoms with E-state index in [-0.39, 0.29) is 18.9 Å². The summed E-state index contributed by atoms with van der Waals surface area (Å²) in [5.74, 6) is -0.253. The van der Waals surface area contributed by atoms with E-state index in [1.54, 1.807) is 6.08 Å². The third kappa shape index (κ3) is 36.9. The quantitative estimate of drug-likeness (QED) is 0.0204. The molecule has 2 heterocycles. The van der Waals surface area contributed by atoms with Gasteiger partial charge in [-0.2, -0.15) is 0 Å². The standard InChI is InChI=1S/C68H119NO13/c1-3-5-7-9-11-12-13-14-15-16-17-18-19-20-21-22-23-24-25-26-27-28-29-30-31-32-33-34-35-36-37-38-39-40-41-42-43-44-46-48-50-52-60(73)69-56(57(72)51-49-47-45-10-8-6-4-2)55-79-67-65(78)63(76)66(59(54-71)81-67)82-68-64(77)62(75)61(74)58(53-70)80-68/h5,7-8,10-12,14-15,17-18,20-21,49,51,56-59,61-68,70-72,74-78H,3-4,6,9,13,16,19,22-48,50,52-55H2,1-2H3,(H,69,73)/b7-5-,10-8+,12-11-,15-14-,18-17-,21-20-,51-49+. The largest absolute Gasteiger partial charge is 0.394 e. The fraction of sp³-hybridized carbons (Fsp3) is 0.779. The highest BCUT2D eigenvalue weighted by atomic mass is 16.7.